The Morgan fingerprint density at radius 2 is 2.13 bits per heavy atom. The molecule has 3 heteroatoms. The van der Waals surface area contributed by atoms with Gasteiger partial charge in [0.1, 0.15) is 0 Å². The number of hydrogen-bond acceptors (Lipinski definition) is 2. The standard InChI is InChI=1S/C12H18ClNO/c1-3-8(2)6-12(15)10-5-4-9(13)7-11(10)14/h4-5,7-8,12,15H,3,6,14H2,1-2H3. The zero-order valence-corrected chi connectivity index (χ0v) is 9.96. The maximum Gasteiger partial charge on any atom is 0.0812 e. The Morgan fingerprint density at radius 3 is 2.67 bits per heavy atom. The summed E-state index contributed by atoms with van der Waals surface area (Å²) in [7, 11) is 0. The van der Waals surface area contributed by atoms with Crippen molar-refractivity contribution in [1.29, 1.82) is 0 Å². The molecular weight excluding hydrogens is 210 g/mol. The molecule has 2 unspecified atom stereocenters. The highest BCUT2D eigenvalue weighted by molar-refractivity contribution is 6.30. The van der Waals surface area contributed by atoms with Crippen LogP contribution in [0.4, 0.5) is 5.69 Å². The molecule has 1 rings (SSSR count). The van der Waals surface area contributed by atoms with Gasteiger partial charge in [0.15, 0.2) is 0 Å². The molecule has 0 aliphatic carbocycles. The number of nitrogens with two attached hydrogens (primary N) is 1. The second-order valence-electron chi connectivity index (χ2n) is 4.04. The molecule has 15 heavy (non-hydrogen) atoms. The average molecular weight is 228 g/mol. The monoisotopic (exact) mass is 227 g/mol. The maximum atomic E-state index is 9.97. The first-order valence-corrected chi connectivity index (χ1v) is 5.65. The molecule has 2 atom stereocenters. The summed E-state index contributed by atoms with van der Waals surface area (Å²) >= 11 is 5.79. The first-order valence-electron chi connectivity index (χ1n) is 5.27. The Balaban J connectivity index is 2.77. The van der Waals surface area contributed by atoms with Crippen LogP contribution in [0, 0.1) is 5.92 Å². The Labute approximate surface area is 96.1 Å². The van der Waals surface area contributed by atoms with Gasteiger partial charge in [0.25, 0.3) is 0 Å². The summed E-state index contributed by atoms with van der Waals surface area (Å²) in [5.41, 5.74) is 7.14. The van der Waals surface area contributed by atoms with Crippen molar-refractivity contribution in [3.05, 3.63) is 28.8 Å². The van der Waals surface area contributed by atoms with Crippen LogP contribution in [0.5, 0.6) is 0 Å². The number of halogens is 1. The van der Waals surface area contributed by atoms with Crippen LogP contribution in [0.3, 0.4) is 0 Å². The van der Waals surface area contributed by atoms with E-state index in [2.05, 4.69) is 13.8 Å². The molecule has 0 saturated carbocycles. The summed E-state index contributed by atoms with van der Waals surface area (Å²) in [5, 5.41) is 10.6. The fraction of sp³-hybridized carbons (Fsp3) is 0.500. The molecule has 0 aliphatic heterocycles. The number of anilines is 1. The van der Waals surface area contributed by atoms with E-state index in [1.54, 1.807) is 18.2 Å². The molecular formula is C12H18ClNO. The van der Waals surface area contributed by atoms with E-state index in [9.17, 15) is 5.11 Å². The van der Waals surface area contributed by atoms with Gasteiger partial charge in [-0.2, -0.15) is 0 Å². The highest BCUT2D eigenvalue weighted by Crippen LogP contribution is 2.28. The van der Waals surface area contributed by atoms with Crippen molar-refractivity contribution < 1.29 is 5.11 Å². The molecule has 3 N–H and O–H groups in total. The molecule has 0 heterocycles. The Bertz CT molecular complexity index is 327. The normalized spacial score (nSPS) is 14.9. The maximum absolute atomic E-state index is 9.97. The molecule has 0 amide bonds. The van der Waals surface area contributed by atoms with Gasteiger partial charge in [-0.25, -0.2) is 0 Å². The highest BCUT2D eigenvalue weighted by Gasteiger charge is 2.13. The van der Waals surface area contributed by atoms with E-state index in [1.807, 2.05) is 0 Å². The van der Waals surface area contributed by atoms with Crippen LogP contribution < -0.4 is 5.73 Å². The third-order valence-corrected chi connectivity index (χ3v) is 2.97. The van der Waals surface area contributed by atoms with Gasteiger partial charge >= 0.3 is 0 Å². The molecule has 0 aromatic heterocycles. The lowest BCUT2D eigenvalue weighted by Crippen LogP contribution is -2.06. The highest BCUT2D eigenvalue weighted by atomic mass is 35.5. The van der Waals surface area contributed by atoms with Gasteiger partial charge in [0.05, 0.1) is 6.10 Å². The van der Waals surface area contributed by atoms with E-state index in [1.165, 1.54) is 0 Å². The molecule has 0 fully saturated rings. The minimum atomic E-state index is -0.489. The van der Waals surface area contributed by atoms with Crippen molar-refractivity contribution in [3.63, 3.8) is 0 Å². The molecule has 0 aliphatic rings. The predicted molar refractivity (Wildman–Crippen MR) is 64.9 cm³/mol. The molecule has 1 aromatic carbocycles. The zero-order valence-electron chi connectivity index (χ0n) is 9.20. The van der Waals surface area contributed by atoms with Crippen molar-refractivity contribution in [2.45, 2.75) is 32.8 Å². The molecule has 0 spiro atoms. The van der Waals surface area contributed by atoms with Crippen LogP contribution in [0.1, 0.15) is 38.4 Å². The molecule has 0 saturated heterocycles. The van der Waals surface area contributed by atoms with Crippen molar-refractivity contribution in [2.75, 3.05) is 5.73 Å². The Kier molecular flexibility index (Phi) is 4.43. The molecule has 0 bridgehead atoms. The second-order valence-corrected chi connectivity index (χ2v) is 4.47. The number of nitrogen functional groups attached to an aromatic ring is 1. The molecule has 0 radical (unpaired) electrons. The van der Waals surface area contributed by atoms with E-state index in [0.717, 1.165) is 18.4 Å². The number of benzene rings is 1. The molecule has 2 nitrogen and oxygen atoms in total. The number of hydrogen-bond donors (Lipinski definition) is 2. The predicted octanol–water partition coefficient (Wildman–Crippen LogP) is 3.39. The Hall–Kier alpha value is -0.730. The van der Waals surface area contributed by atoms with Crippen LogP contribution in [0.15, 0.2) is 18.2 Å². The minimum absolute atomic E-state index is 0.489. The van der Waals surface area contributed by atoms with Gasteiger partial charge in [0.2, 0.25) is 0 Å². The average Bonchev–Trinajstić information content (AvgIpc) is 2.17. The molecule has 84 valence electrons. The van der Waals surface area contributed by atoms with Crippen LogP contribution in [-0.4, -0.2) is 5.11 Å². The summed E-state index contributed by atoms with van der Waals surface area (Å²) < 4.78 is 0. The van der Waals surface area contributed by atoms with Crippen LogP contribution >= 0.6 is 11.6 Å². The van der Waals surface area contributed by atoms with Crippen molar-refractivity contribution >= 4 is 17.3 Å². The fourth-order valence-corrected chi connectivity index (χ4v) is 1.70. The van der Waals surface area contributed by atoms with Crippen molar-refractivity contribution in [2.24, 2.45) is 5.92 Å². The van der Waals surface area contributed by atoms with Gasteiger partial charge in [-0.3, -0.25) is 0 Å². The van der Waals surface area contributed by atoms with E-state index < -0.39 is 6.10 Å². The number of aliphatic hydroxyl groups excluding tert-OH is 1. The summed E-state index contributed by atoms with van der Waals surface area (Å²) in [4.78, 5) is 0. The smallest absolute Gasteiger partial charge is 0.0812 e. The largest absolute Gasteiger partial charge is 0.398 e. The lowest BCUT2D eigenvalue weighted by Gasteiger charge is -2.17. The van der Waals surface area contributed by atoms with Crippen LogP contribution in [0.25, 0.3) is 0 Å². The molecule has 1 aromatic rings. The summed E-state index contributed by atoms with van der Waals surface area (Å²) in [6, 6.07) is 5.23. The van der Waals surface area contributed by atoms with E-state index in [4.69, 9.17) is 17.3 Å². The van der Waals surface area contributed by atoms with E-state index in [0.29, 0.717) is 16.6 Å². The van der Waals surface area contributed by atoms with Gasteiger partial charge in [-0.05, 0) is 24.5 Å². The third kappa shape index (κ3) is 3.40. The van der Waals surface area contributed by atoms with Crippen LogP contribution in [-0.2, 0) is 0 Å². The zero-order chi connectivity index (χ0) is 11.4. The van der Waals surface area contributed by atoms with E-state index in [-0.39, 0.29) is 0 Å². The third-order valence-electron chi connectivity index (χ3n) is 2.73. The SMILES string of the molecule is CCC(C)CC(O)c1ccc(Cl)cc1N. The van der Waals surface area contributed by atoms with Crippen molar-refractivity contribution in [3.8, 4) is 0 Å². The first kappa shape index (κ1) is 12.3. The van der Waals surface area contributed by atoms with Gasteiger partial charge in [-0.1, -0.05) is 37.9 Å². The van der Waals surface area contributed by atoms with Gasteiger partial charge < -0.3 is 10.8 Å². The fourth-order valence-electron chi connectivity index (χ4n) is 1.52. The second kappa shape index (κ2) is 5.38. The van der Waals surface area contributed by atoms with Gasteiger partial charge in [0, 0.05) is 16.3 Å². The minimum Gasteiger partial charge on any atom is -0.398 e. The topological polar surface area (TPSA) is 46.2 Å². The van der Waals surface area contributed by atoms with Crippen molar-refractivity contribution in [1.82, 2.24) is 0 Å². The number of rotatable bonds is 4. The quantitative estimate of drug-likeness (QED) is 0.775. The number of aliphatic hydroxyl groups is 1. The lowest BCUT2D eigenvalue weighted by atomic mass is 9.95. The Morgan fingerprint density at radius 1 is 1.47 bits per heavy atom. The van der Waals surface area contributed by atoms with Crippen LogP contribution in [0.2, 0.25) is 5.02 Å². The van der Waals surface area contributed by atoms with Gasteiger partial charge in [-0.15, -0.1) is 0 Å². The lowest BCUT2D eigenvalue weighted by molar-refractivity contribution is 0.147. The summed E-state index contributed by atoms with van der Waals surface area (Å²) in [6.07, 6.45) is 1.31. The van der Waals surface area contributed by atoms with E-state index >= 15 is 0 Å². The summed E-state index contributed by atoms with van der Waals surface area (Å²) in [6.45, 7) is 4.23. The first-order chi connectivity index (χ1) is 7.04. The summed E-state index contributed by atoms with van der Waals surface area (Å²) in [5.74, 6) is 0.495.